The SMILES string of the molecule is C1=C(c2ccccc2)c2ccc3c(-c4ccccc4)ccnc3c2NC1. The number of benzene rings is 3. The maximum Gasteiger partial charge on any atom is 0.0945 e. The molecule has 26 heavy (non-hydrogen) atoms. The Hall–Kier alpha value is -3.39. The Morgan fingerprint density at radius 1 is 0.692 bits per heavy atom. The molecule has 0 aliphatic carbocycles. The fourth-order valence-electron chi connectivity index (χ4n) is 3.75. The van der Waals surface area contributed by atoms with Crippen molar-refractivity contribution in [1.82, 2.24) is 4.98 Å². The van der Waals surface area contributed by atoms with E-state index in [2.05, 4.69) is 84.2 Å². The molecule has 124 valence electrons. The molecule has 0 atom stereocenters. The molecule has 1 aromatic heterocycles. The normalized spacial score (nSPS) is 13.0. The van der Waals surface area contributed by atoms with Gasteiger partial charge in [0.25, 0.3) is 0 Å². The molecule has 4 aromatic rings. The lowest BCUT2D eigenvalue weighted by Crippen LogP contribution is -2.10. The summed E-state index contributed by atoms with van der Waals surface area (Å²) in [6.45, 7) is 0.813. The number of hydrogen-bond acceptors (Lipinski definition) is 2. The maximum atomic E-state index is 4.72. The van der Waals surface area contributed by atoms with Crippen LogP contribution < -0.4 is 5.32 Å². The van der Waals surface area contributed by atoms with Crippen molar-refractivity contribution in [2.45, 2.75) is 0 Å². The summed E-state index contributed by atoms with van der Waals surface area (Å²) in [6, 6.07) is 27.6. The lowest BCUT2D eigenvalue weighted by molar-refractivity contribution is 1.28. The van der Waals surface area contributed by atoms with Gasteiger partial charge < -0.3 is 5.32 Å². The largest absolute Gasteiger partial charge is 0.379 e. The van der Waals surface area contributed by atoms with Gasteiger partial charge in [-0.05, 0) is 28.3 Å². The molecule has 2 heterocycles. The first-order chi connectivity index (χ1) is 12.9. The first kappa shape index (κ1) is 14.9. The molecule has 0 unspecified atom stereocenters. The summed E-state index contributed by atoms with van der Waals surface area (Å²) >= 11 is 0. The molecule has 2 nitrogen and oxygen atoms in total. The van der Waals surface area contributed by atoms with Crippen LogP contribution in [0.4, 0.5) is 5.69 Å². The van der Waals surface area contributed by atoms with E-state index in [1.54, 1.807) is 0 Å². The molecule has 1 aliphatic heterocycles. The van der Waals surface area contributed by atoms with E-state index < -0.39 is 0 Å². The van der Waals surface area contributed by atoms with Gasteiger partial charge in [-0.25, -0.2) is 0 Å². The zero-order valence-corrected chi connectivity index (χ0v) is 14.3. The Morgan fingerprint density at radius 2 is 1.42 bits per heavy atom. The highest BCUT2D eigenvalue weighted by Crippen LogP contribution is 2.39. The van der Waals surface area contributed by atoms with E-state index in [0.29, 0.717) is 0 Å². The fraction of sp³-hybridized carbons (Fsp3) is 0.0417. The van der Waals surface area contributed by atoms with E-state index in [4.69, 9.17) is 4.98 Å². The van der Waals surface area contributed by atoms with E-state index in [0.717, 1.165) is 17.7 Å². The highest BCUT2D eigenvalue weighted by molar-refractivity contribution is 6.06. The van der Waals surface area contributed by atoms with Crippen LogP contribution in [-0.4, -0.2) is 11.5 Å². The second-order valence-electron chi connectivity index (χ2n) is 6.47. The van der Waals surface area contributed by atoms with Crippen LogP contribution in [0.5, 0.6) is 0 Å². The third kappa shape index (κ3) is 2.39. The topological polar surface area (TPSA) is 24.9 Å². The number of hydrogen-bond donors (Lipinski definition) is 1. The smallest absolute Gasteiger partial charge is 0.0945 e. The van der Waals surface area contributed by atoms with Crippen molar-refractivity contribution in [3.05, 3.63) is 102 Å². The highest BCUT2D eigenvalue weighted by atomic mass is 14.9. The summed E-state index contributed by atoms with van der Waals surface area (Å²) in [5, 5.41) is 4.73. The number of nitrogens with one attached hydrogen (secondary N) is 1. The molecule has 2 heteroatoms. The molecule has 0 bridgehead atoms. The van der Waals surface area contributed by atoms with Crippen molar-refractivity contribution in [2.75, 3.05) is 11.9 Å². The molecular weight excluding hydrogens is 316 g/mol. The zero-order chi connectivity index (χ0) is 17.3. The summed E-state index contributed by atoms with van der Waals surface area (Å²) < 4.78 is 0. The number of rotatable bonds is 2. The van der Waals surface area contributed by atoms with Gasteiger partial charge in [0.15, 0.2) is 0 Å². The van der Waals surface area contributed by atoms with E-state index in [1.807, 2.05) is 12.3 Å². The van der Waals surface area contributed by atoms with Crippen LogP contribution in [0, 0.1) is 0 Å². The van der Waals surface area contributed by atoms with Crippen LogP contribution in [0.1, 0.15) is 11.1 Å². The van der Waals surface area contributed by atoms with Crippen LogP contribution in [0.3, 0.4) is 0 Å². The highest BCUT2D eigenvalue weighted by Gasteiger charge is 2.18. The number of aromatic nitrogens is 1. The Bertz CT molecular complexity index is 1110. The van der Waals surface area contributed by atoms with Crippen molar-refractivity contribution in [3.8, 4) is 11.1 Å². The first-order valence-corrected chi connectivity index (χ1v) is 8.89. The molecule has 0 amide bonds. The molecular formula is C24H18N2. The minimum Gasteiger partial charge on any atom is -0.379 e. The van der Waals surface area contributed by atoms with E-state index in [9.17, 15) is 0 Å². The Labute approximate surface area is 152 Å². The second kappa shape index (κ2) is 6.16. The molecule has 0 saturated heterocycles. The van der Waals surface area contributed by atoms with Crippen LogP contribution in [0.15, 0.2) is 91.1 Å². The summed E-state index contributed by atoms with van der Waals surface area (Å²) in [5.74, 6) is 0. The maximum absolute atomic E-state index is 4.72. The summed E-state index contributed by atoms with van der Waals surface area (Å²) in [4.78, 5) is 4.72. The fourth-order valence-corrected chi connectivity index (χ4v) is 3.75. The molecule has 0 radical (unpaired) electrons. The van der Waals surface area contributed by atoms with Gasteiger partial charge >= 0.3 is 0 Å². The van der Waals surface area contributed by atoms with Gasteiger partial charge in [0.05, 0.1) is 11.2 Å². The van der Waals surface area contributed by atoms with Crippen molar-refractivity contribution in [1.29, 1.82) is 0 Å². The molecule has 0 spiro atoms. The van der Waals surface area contributed by atoms with Crippen LogP contribution in [-0.2, 0) is 0 Å². The monoisotopic (exact) mass is 334 g/mol. The Balaban J connectivity index is 1.73. The van der Waals surface area contributed by atoms with Crippen LogP contribution in [0.25, 0.3) is 27.6 Å². The molecule has 0 saturated carbocycles. The van der Waals surface area contributed by atoms with Gasteiger partial charge in [-0.3, -0.25) is 4.98 Å². The molecule has 0 fully saturated rings. The van der Waals surface area contributed by atoms with E-state index in [-0.39, 0.29) is 0 Å². The summed E-state index contributed by atoms with van der Waals surface area (Å²) in [5.41, 5.74) is 8.33. The van der Waals surface area contributed by atoms with Crippen molar-refractivity contribution >= 4 is 22.2 Å². The van der Waals surface area contributed by atoms with Gasteiger partial charge in [-0.1, -0.05) is 78.9 Å². The van der Waals surface area contributed by atoms with Crippen molar-refractivity contribution in [2.24, 2.45) is 0 Å². The van der Waals surface area contributed by atoms with Gasteiger partial charge in [0.2, 0.25) is 0 Å². The van der Waals surface area contributed by atoms with E-state index in [1.165, 1.54) is 33.2 Å². The van der Waals surface area contributed by atoms with Crippen LogP contribution in [0.2, 0.25) is 0 Å². The standard InChI is InChI=1S/C24H18N2/c1-3-7-17(8-4-1)19-13-15-25-23-21(19)11-12-22-20(14-16-26-24(22)23)18-9-5-2-6-10-18/h1-15,26H,16H2. The average Bonchev–Trinajstić information content (AvgIpc) is 2.74. The Kier molecular flexibility index (Phi) is 3.53. The molecule has 1 aliphatic rings. The predicted molar refractivity (Wildman–Crippen MR) is 109 cm³/mol. The predicted octanol–water partition coefficient (Wildman–Crippen LogP) is 5.76. The van der Waals surface area contributed by atoms with Crippen LogP contribution >= 0.6 is 0 Å². The summed E-state index contributed by atoms with van der Waals surface area (Å²) in [7, 11) is 0. The summed E-state index contributed by atoms with van der Waals surface area (Å²) in [6.07, 6.45) is 4.16. The average molecular weight is 334 g/mol. The minimum absolute atomic E-state index is 0.813. The van der Waals surface area contributed by atoms with Gasteiger partial charge in [0.1, 0.15) is 0 Å². The van der Waals surface area contributed by atoms with E-state index >= 15 is 0 Å². The lowest BCUT2D eigenvalue weighted by atomic mass is 9.91. The van der Waals surface area contributed by atoms with Crippen molar-refractivity contribution in [3.63, 3.8) is 0 Å². The zero-order valence-electron chi connectivity index (χ0n) is 14.3. The van der Waals surface area contributed by atoms with Crippen molar-refractivity contribution < 1.29 is 0 Å². The van der Waals surface area contributed by atoms with Gasteiger partial charge in [-0.15, -0.1) is 0 Å². The number of fused-ring (bicyclic) bond motifs is 3. The third-order valence-corrected chi connectivity index (χ3v) is 4.96. The number of anilines is 1. The molecule has 5 rings (SSSR count). The quantitative estimate of drug-likeness (QED) is 0.504. The molecule has 3 aromatic carbocycles. The minimum atomic E-state index is 0.813. The van der Waals surface area contributed by atoms with Gasteiger partial charge in [0, 0.05) is 23.7 Å². The first-order valence-electron chi connectivity index (χ1n) is 8.89. The number of nitrogens with zero attached hydrogens (tertiary/aromatic N) is 1. The molecule has 1 N–H and O–H groups in total. The Morgan fingerprint density at radius 3 is 2.19 bits per heavy atom. The second-order valence-corrected chi connectivity index (χ2v) is 6.47. The lowest BCUT2D eigenvalue weighted by Gasteiger charge is -2.22. The van der Waals surface area contributed by atoms with Gasteiger partial charge in [-0.2, -0.15) is 0 Å². The third-order valence-electron chi connectivity index (χ3n) is 4.96. The number of pyridine rings is 1.